The van der Waals surface area contributed by atoms with Crippen LogP contribution in [0.15, 0.2) is 0 Å². The third-order valence-electron chi connectivity index (χ3n) is 0.622. The molecule has 3 nitrogen and oxygen atoms in total. The monoisotopic (exact) mass is 103 g/mol. The van der Waals surface area contributed by atoms with E-state index in [0.717, 1.165) is 0 Å². The van der Waals surface area contributed by atoms with Crippen molar-refractivity contribution in [2.45, 2.75) is 18.9 Å². The Morgan fingerprint density at radius 2 is 1.86 bits per heavy atom. The van der Waals surface area contributed by atoms with Gasteiger partial charge in [0.15, 0.2) is 0 Å². The van der Waals surface area contributed by atoms with Gasteiger partial charge in [-0.05, 0) is 12.8 Å². The second kappa shape index (κ2) is 3.61. The molecule has 0 bridgehead atoms. The Labute approximate surface area is 42.1 Å². The van der Waals surface area contributed by atoms with Crippen LogP contribution in [0.1, 0.15) is 12.8 Å². The first-order valence-corrected chi connectivity index (χ1v) is 2.14. The van der Waals surface area contributed by atoms with Crippen LogP contribution >= 0.6 is 0 Å². The van der Waals surface area contributed by atoms with Gasteiger partial charge in [-0.15, -0.1) is 0 Å². The van der Waals surface area contributed by atoms with Gasteiger partial charge in [0, 0.05) is 6.04 Å². The molecular weight excluding hydrogens is 94.0 g/mol. The van der Waals surface area contributed by atoms with Crippen LogP contribution in [0.4, 0.5) is 0 Å². The largest absolute Gasteiger partial charge is 0.483 e. The fourth-order valence-corrected chi connectivity index (χ4v) is 0.0962. The van der Waals surface area contributed by atoms with Crippen molar-refractivity contribution in [2.75, 3.05) is 0 Å². The number of nitrogens with two attached hydrogens (primary N) is 1. The summed E-state index contributed by atoms with van der Waals surface area (Å²) in [7, 11) is 0. The van der Waals surface area contributed by atoms with E-state index in [1.165, 1.54) is 12.8 Å². The molecule has 0 aliphatic heterocycles. The zero-order chi connectivity index (χ0) is 5.70. The second-order valence-corrected chi connectivity index (χ2v) is 1.44. The Bertz CT molecular complexity index is 51.7. The maximum absolute atomic E-state index is 8.36. The SMILES string of the molecule is NC1CC1.O=CO. The maximum Gasteiger partial charge on any atom is 0.290 e. The molecule has 3 N–H and O–H groups in total. The molecule has 3 heteroatoms. The first-order valence-electron chi connectivity index (χ1n) is 2.14. The van der Waals surface area contributed by atoms with E-state index in [1.807, 2.05) is 0 Å². The van der Waals surface area contributed by atoms with Gasteiger partial charge in [0.25, 0.3) is 6.47 Å². The zero-order valence-electron chi connectivity index (χ0n) is 4.00. The Balaban J connectivity index is 0.000000110. The van der Waals surface area contributed by atoms with Crippen molar-refractivity contribution in [3.63, 3.8) is 0 Å². The van der Waals surface area contributed by atoms with Crippen LogP contribution in [0.5, 0.6) is 0 Å². The molecule has 0 aromatic carbocycles. The van der Waals surface area contributed by atoms with Gasteiger partial charge in [-0.1, -0.05) is 0 Å². The lowest BCUT2D eigenvalue weighted by Crippen LogP contribution is -1.94. The minimum absolute atomic E-state index is 0.250. The molecule has 0 aromatic rings. The fraction of sp³-hybridized carbons (Fsp3) is 0.750. The molecule has 0 spiro atoms. The van der Waals surface area contributed by atoms with E-state index in [4.69, 9.17) is 15.6 Å². The number of hydrogen-bond donors (Lipinski definition) is 2. The molecule has 1 fully saturated rings. The summed E-state index contributed by atoms with van der Waals surface area (Å²) >= 11 is 0. The van der Waals surface area contributed by atoms with Crippen molar-refractivity contribution in [3.05, 3.63) is 0 Å². The van der Waals surface area contributed by atoms with Gasteiger partial charge < -0.3 is 10.8 Å². The quantitative estimate of drug-likeness (QED) is 0.417. The van der Waals surface area contributed by atoms with E-state index in [9.17, 15) is 0 Å². The van der Waals surface area contributed by atoms with E-state index in [0.29, 0.717) is 6.04 Å². The lowest BCUT2D eigenvalue weighted by atomic mass is 10.8. The van der Waals surface area contributed by atoms with Crippen LogP contribution in [0.25, 0.3) is 0 Å². The van der Waals surface area contributed by atoms with Crippen molar-refractivity contribution < 1.29 is 9.90 Å². The van der Waals surface area contributed by atoms with Crippen molar-refractivity contribution >= 4 is 6.47 Å². The predicted molar refractivity (Wildman–Crippen MR) is 25.9 cm³/mol. The van der Waals surface area contributed by atoms with Gasteiger partial charge in [0.1, 0.15) is 0 Å². The third kappa shape index (κ3) is 10.8. The van der Waals surface area contributed by atoms with Gasteiger partial charge in [-0.2, -0.15) is 0 Å². The van der Waals surface area contributed by atoms with Gasteiger partial charge in [0.2, 0.25) is 0 Å². The first kappa shape index (κ1) is 6.43. The number of hydrogen-bond acceptors (Lipinski definition) is 2. The molecule has 0 radical (unpaired) electrons. The number of rotatable bonds is 0. The summed E-state index contributed by atoms with van der Waals surface area (Å²) in [6, 6.07) is 0.583. The Morgan fingerprint density at radius 1 is 1.71 bits per heavy atom. The summed E-state index contributed by atoms with van der Waals surface area (Å²) in [6.07, 6.45) is 2.53. The smallest absolute Gasteiger partial charge is 0.290 e. The maximum atomic E-state index is 8.36. The first-order chi connectivity index (χ1) is 3.31. The van der Waals surface area contributed by atoms with E-state index in [2.05, 4.69) is 0 Å². The van der Waals surface area contributed by atoms with Crippen LogP contribution in [-0.4, -0.2) is 17.6 Å². The molecule has 42 valence electrons. The topological polar surface area (TPSA) is 63.3 Å². The molecule has 0 saturated heterocycles. The highest BCUT2D eigenvalue weighted by molar-refractivity contribution is 5.32. The molecule has 0 atom stereocenters. The van der Waals surface area contributed by atoms with E-state index < -0.39 is 0 Å². The van der Waals surface area contributed by atoms with E-state index in [1.54, 1.807) is 0 Å². The number of carbonyl (C=O) groups is 1. The highest BCUT2D eigenvalue weighted by Gasteiger charge is 2.13. The van der Waals surface area contributed by atoms with Gasteiger partial charge in [-0.3, -0.25) is 4.79 Å². The van der Waals surface area contributed by atoms with Crippen LogP contribution in [0.2, 0.25) is 0 Å². The van der Waals surface area contributed by atoms with Crippen molar-refractivity contribution in [2.24, 2.45) is 5.73 Å². The van der Waals surface area contributed by atoms with Crippen molar-refractivity contribution in [1.29, 1.82) is 0 Å². The third-order valence-corrected chi connectivity index (χ3v) is 0.622. The minimum atomic E-state index is -0.250. The van der Waals surface area contributed by atoms with Gasteiger partial charge >= 0.3 is 0 Å². The fourth-order valence-electron chi connectivity index (χ4n) is 0.0962. The average molecular weight is 103 g/mol. The lowest BCUT2D eigenvalue weighted by Gasteiger charge is -1.58. The summed E-state index contributed by atoms with van der Waals surface area (Å²) in [5.74, 6) is 0. The molecule has 0 heterocycles. The second-order valence-electron chi connectivity index (χ2n) is 1.44. The zero-order valence-corrected chi connectivity index (χ0v) is 4.00. The molecule has 1 saturated carbocycles. The van der Waals surface area contributed by atoms with Crippen molar-refractivity contribution in [3.8, 4) is 0 Å². The molecular formula is C4H9NO2. The summed E-state index contributed by atoms with van der Waals surface area (Å²) in [4.78, 5) is 8.36. The Hall–Kier alpha value is -0.570. The summed E-state index contributed by atoms with van der Waals surface area (Å²) in [5, 5.41) is 6.89. The van der Waals surface area contributed by atoms with Gasteiger partial charge in [-0.25, -0.2) is 0 Å². The molecule has 7 heavy (non-hydrogen) atoms. The highest BCUT2D eigenvalue weighted by atomic mass is 16.3. The van der Waals surface area contributed by atoms with E-state index >= 15 is 0 Å². The predicted octanol–water partition coefficient (Wildman–Crippen LogP) is -0.192. The van der Waals surface area contributed by atoms with Crippen LogP contribution in [0.3, 0.4) is 0 Å². The van der Waals surface area contributed by atoms with Crippen LogP contribution < -0.4 is 5.73 Å². The highest BCUT2D eigenvalue weighted by Crippen LogP contribution is 2.13. The number of carboxylic acid groups (broad SMARTS) is 1. The summed E-state index contributed by atoms with van der Waals surface area (Å²) < 4.78 is 0. The van der Waals surface area contributed by atoms with Crippen LogP contribution in [0, 0.1) is 0 Å². The van der Waals surface area contributed by atoms with Gasteiger partial charge in [0.05, 0.1) is 0 Å². The van der Waals surface area contributed by atoms with Crippen LogP contribution in [-0.2, 0) is 4.79 Å². The van der Waals surface area contributed by atoms with Crippen molar-refractivity contribution in [1.82, 2.24) is 0 Å². The molecule has 0 amide bonds. The molecule has 1 aliphatic carbocycles. The minimum Gasteiger partial charge on any atom is -0.483 e. The molecule has 0 aromatic heterocycles. The summed E-state index contributed by atoms with van der Waals surface area (Å²) in [6.45, 7) is -0.250. The lowest BCUT2D eigenvalue weighted by molar-refractivity contribution is -0.122. The van der Waals surface area contributed by atoms with E-state index in [-0.39, 0.29) is 6.47 Å². The molecule has 0 unspecified atom stereocenters. The standard InChI is InChI=1S/C3H7N.CH2O2/c4-3-1-2-3;2-1-3/h3H,1-2,4H2;1H,(H,2,3). The molecule has 1 aliphatic rings. The average Bonchev–Trinajstić information content (AvgIpc) is 2.25. The summed E-state index contributed by atoms with van der Waals surface area (Å²) in [5.41, 5.74) is 5.22. The normalized spacial score (nSPS) is 16.7. The Kier molecular flexibility index (Phi) is 3.32. The Morgan fingerprint density at radius 3 is 1.86 bits per heavy atom. The molecule has 1 rings (SSSR count).